The zero-order valence-corrected chi connectivity index (χ0v) is 14.2. The molecule has 1 saturated carbocycles. The topological polar surface area (TPSA) is 53.9 Å². The van der Waals surface area contributed by atoms with E-state index in [-0.39, 0.29) is 5.91 Å². The van der Waals surface area contributed by atoms with Gasteiger partial charge in [0.15, 0.2) is 4.77 Å². The Bertz CT molecular complexity index is 579. The van der Waals surface area contributed by atoms with Gasteiger partial charge in [-0.1, -0.05) is 26.2 Å². The number of rotatable bonds is 4. The Morgan fingerprint density at radius 2 is 2.09 bits per heavy atom. The maximum absolute atomic E-state index is 12.7. The minimum Gasteiger partial charge on any atom is -0.341 e. The summed E-state index contributed by atoms with van der Waals surface area (Å²) >= 11 is 5.27. The molecular formula is C16H26N4OS. The van der Waals surface area contributed by atoms with Crippen LogP contribution in [-0.4, -0.2) is 38.7 Å². The summed E-state index contributed by atoms with van der Waals surface area (Å²) in [5.41, 5.74) is 0. The van der Waals surface area contributed by atoms with Crippen LogP contribution in [0.5, 0.6) is 0 Å². The van der Waals surface area contributed by atoms with Crippen molar-refractivity contribution in [2.45, 2.75) is 58.4 Å². The quantitative estimate of drug-likeness (QED) is 0.867. The van der Waals surface area contributed by atoms with Crippen molar-refractivity contribution in [1.82, 2.24) is 19.7 Å². The van der Waals surface area contributed by atoms with Crippen LogP contribution < -0.4 is 0 Å². The third-order valence-corrected chi connectivity index (χ3v) is 5.56. The van der Waals surface area contributed by atoms with Crippen molar-refractivity contribution in [3.8, 4) is 0 Å². The largest absolute Gasteiger partial charge is 0.341 e. The molecule has 2 heterocycles. The van der Waals surface area contributed by atoms with E-state index < -0.39 is 0 Å². The molecule has 1 aliphatic carbocycles. The number of nitrogens with one attached hydrogen (secondary N) is 1. The normalized spacial score (nSPS) is 25.0. The van der Waals surface area contributed by atoms with Crippen molar-refractivity contribution in [2.75, 3.05) is 13.1 Å². The highest BCUT2D eigenvalue weighted by atomic mass is 32.1. The van der Waals surface area contributed by atoms with Gasteiger partial charge in [0.05, 0.1) is 0 Å². The number of carbonyl (C=O) groups is 1. The van der Waals surface area contributed by atoms with E-state index in [1.807, 2.05) is 4.57 Å². The molecule has 1 amide bonds. The maximum Gasteiger partial charge on any atom is 0.242 e. The number of hydrogen-bond donors (Lipinski definition) is 1. The highest BCUT2D eigenvalue weighted by molar-refractivity contribution is 7.71. The molecule has 1 aromatic heterocycles. The van der Waals surface area contributed by atoms with Gasteiger partial charge in [0.1, 0.15) is 12.4 Å². The summed E-state index contributed by atoms with van der Waals surface area (Å²) in [5.74, 6) is 2.66. The summed E-state index contributed by atoms with van der Waals surface area (Å²) in [6.45, 7) is 4.30. The van der Waals surface area contributed by atoms with Crippen LogP contribution in [0.3, 0.4) is 0 Å². The number of H-pyrrole nitrogens is 1. The van der Waals surface area contributed by atoms with E-state index in [1.165, 1.54) is 32.1 Å². The van der Waals surface area contributed by atoms with E-state index in [1.54, 1.807) is 0 Å². The Morgan fingerprint density at radius 1 is 1.32 bits per heavy atom. The van der Waals surface area contributed by atoms with Gasteiger partial charge >= 0.3 is 0 Å². The van der Waals surface area contributed by atoms with Gasteiger partial charge in [-0.3, -0.25) is 14.5 Å². The Hall–Kier alpha value is -1.17. The molecule has 1 saturated heterocycles. The lowest BCUT2D eigenvalue weighted by atomic mass is 9.75. The second-order valence-electron chi connectivity index (χ2n) is 6.71. The van der Waals surface area contributed by atoms with Crippen molar-refractivity contribution in [3.63, 3.8) is 0 Å². The number of amides is 1. The molecule has 6 heteroatoms. The van der Waals surface area contributed by atoms with Crippen molar-refractivity contribution in [3.05, 3.63) is 10.6 Å². The molecule has 1 aromatic rings. The van der Waals surface area contributed by atoms with Crippen LogP contribution >= 0.6 is 12.2 Å². The van der Waals surface area contributed by atoms with Crippen LogP contribution in [0.4, 0.5) is 0 Å². The highest BCUT2D eigenvalue weighted by Gasteiger charge is 2.33. The van der Waals surface area contributed by atoms with E-state index >= 15 is 0 Å². The van der Waals surface area contributed by atoms with Crippen molar-refractivity contribution in [2.24, 2.45) is 11.8 Å². The van der Waals surface area contributed by atoms with Crippen LogP contribution in [-0.2, 0) is 17.8 Å². The molecule has 1 N–H and O–H groups in total. The summed E-state index contributed by atoms with van der Waals surface area (Å²) in [4.78, 5) is 14.7. The molecule has 2 fully saturated rings. The Balaban J connectivity index is 1.65. The first-order valence-corrected chi connectivity index (χ1v) is 9.01. The number of hydrogen-bond acceptors (Lipinski definition) is 3. The zero-order chi connectivity index (χ0) is 15.5. The van der Waals surface area contributed by atoms with Crippen LogP contribution in [0.1, 0.15) is 51.3 Å². The minimum atomic E-state index is 0.193. The standard InChI is InChI=1S/C16H26N4OS/c1-2-5-14-17-18-16(22)20(14)11-15(21)19-9-8-12-6-3-4-7-13(12)10-19/h12-13H,2-11H2,1H3,(H,18,22). The van der Waals surface area contributed by atoms with Gasteiger partial charge in [0.25, 0.3) is 0 Å². The summed E-state index contributed by atoms with van der Waals surface area (Å²) in [6.07, 6.45) is 8.39. The minimum absolute atomic E-state index is 0.193. The summed E-state index contributed by atoms with van der Waals surface area (Å²) in [7, 11) is 0. The first-order valence-electron chi connectivity index (χ1n) is 8.61. The van der Waals surface area contributed by atoms with Crippen LogP contribution in [0, 0.1) is 16.6 Å². The van der Waals surface area contributed by atoms with Crippen molar-refractivity contribution in [1.29, 1.82) is 0 Å². The fourth-order valence-electron chi connectivity index (χ4n) is 3.99. The second kappa shape index (κ2) is 6.94. The fourth-order valence-corrected chi connectivity index (χ4v) is 4.21. The SMILES string of the molecule is CCCc1n[nH]c(=S)n1CC(=O)N1CCC2CCCCC2C1. The Morgan fingerprint density at radius 3 is 2.86 bits per heavy atom. The van der Waals surface area contributed by atoms with E-state index in [9.17, 15) is 4.79 Å². The second-order valence-corrected chi connectivity index (χ2v) is 7.10. The number of aryl methyl sites for hydroxylation is 1. The average molecular weight is 322 g/mol. The lowest BCUT2D eigenvalue weighted by Gasteiger charge is -2.41. The predicted molar refractivity (Wildman–Crippen MR) is 88.1 cm³/mol. The van der Waals surface area contributed by atoms with Gasteiger partial charge in [-0.25, -0.2) is 0 Å². The Labute approximate surface area is 137 Å². The average Bonchev–Trinajstić information content (AvgIpc) is 2.88. The smallest absolute Gasteiger partial charge is 0.242 e. The highest BCUT2D eigenvalue weighted by Crippen LogP contribution is 2.36. The number of likely N-dealkylation sites (tertiary alicyclic amines) is 1. The molecule has 2 aliphatic rings. The van der Waals surface area contributed by atoms with Gasteiger partial charge in [-0.2, -0.15) is 5.10 Å². The van der Waals surface area contributed by atoms with Crippen molar-refractivity contribution < 1.29 is 4.79 Å². The number of aromatic amines is 1. The number of piperidine rings is 1. The van der Waals surface area contributed by atoms with Crippen LogP contribution in [0.15, 0.2) is 0 Å². The van der Waals surface area contributed by atoms with E-state index in [0.717, 1.165) is 43.6 Å². The van der Waals surface area contributed by atoms with Gasteiger partial charge in [0, 0.05) is 19.5 Å². The number of nitrogens with zero attached hydrogens (tertiary/aromatic N) is 3. The first kappa shape index (κ1) is 15.7. The van der Waals surface area contributed by atoms with Gasteiger partial charge in [0.2, 0.25) is 5.91 Å². The molecule has 3 rings (SSSR count). The molecule has 0 spiro atoms. The fraction of sp³-hybridized carbons (Fsp3) is 0.812. The third-order valence-electron chi connectivity index (χ3n) is 5.25. The summed E-state index contributed by atoms with van der Waals surface area (Å²) in [5, 5.41) is 7.06. The van der Waals surface area contributed by atoms with E-state index in [2.05, 4.69) is 22.0 Å². The monoisotopic (exact) mass is 322 g/mol. The summed E-state index contributed by atoms with van der Waals surface area (Å²) < 4.78 is 2.43. The molecule has 0 aromatic carbocycles. The predicted octanol–water partition coefficient (Wildman–Crippen LogP) is 2.93. The lowest BCUT2D eigenvalue weighted by Crippen LogP contribution is -2.46. The zero-order valence-electron chi connectivity index (χ0n) is 13.4. The molecule has 122 valence electrons. The van der Waals surface area contributed by atoms with Gasteiger partial charge < -0.3 is 4.90 Å². The molecule has 5 nitrogen and oxygen atoms in total. The van der Waals surface area contributed by atoms with Crippen molar-refractivity contribution >= 4 is 18.1 Å². The van der Waals surface area contributed by atoms with E-state index in [0.29, 0.717) is 11.3 Å². The van der Waals surface area contributed by atoms with Gasteiger partial charge in [-0.15, -0.1) is 0 Å². The lowest BCUT2D eigenvalue weighted by molar-refractivity contribution is -0.135. The van der Waals surface area contributed by atoms with Crippen LogP contribution in [0.25, 0.3) is 0 Å². The van der Waals surface area contributed by atoms with Crippen LogP contribution in [0.2, 0.25) is 0 Å². The third kappa shape index (κ3) is 3.26. The molecule has 2 atom stereocenters. The number of carbonyl (C=O) groups excluding carboxylic acids is 1. The molecule has 2 unspecified atom stereocenters. The van der Waals surface area contributed by atoms with Gasteiger partial charge in [-0.05, 0) is 43.3 Å². The van der Waals surface area contributed by atoms with E-state index in [4.69, 9.17) is 12.2 Å². The Kier molecular flexibility index (Phi) is 4.96. The summed E-state index contributed by atoms with van der Waals surface area (Å²) in [6, 6.07) is 0. The maximum atomic E-state index is 12.7. The number of aromatic nitrogens is 3. The molecule has 1 aliphatic heterocycles. The number of fused-ring (bicyclic) bond motifs is 1. The molecule has 0 radical (unpaired) electrons. The molecular weight excluding hydrogens is 296 g/mol. The first-order chi connectivity index (χ1) is 10.7. The molecule has 0 bridgehead atoms. The molecule has 22 heavy (non-hydrogen) atoms.